The number of nitrogens with one attached hydrogen (secondary N) is 1. The number of benzene rings is 1. The molecule has 0 amide bonds. The average molecular weight is 257 g/mol. The highest BCUT2D eigenvalue weighted by Gasteiger charge is 2.48. The Bertz CT molecular complexity index is 444. The van der Waals surface area contributed by atoms with E-state index >= 15 is 0 Å². The highest BCUT2D eigenvalue weighted by Crippen LogP contribution is 2.46. The van der Waals surface area contributed by atoms with Gasteiger partial charge in [-0.1, -0.05) is 36.4 Å². The lowest BCUT2D eigenvalue weighted by atomic mass is 9.60. The van der Waals surface area contributed by atoms with Crippen molar-refractivity contribution in [3.8, 4) is 0 Å². The lowest BCUT2D eigenvalue weighted by Gasteiger charge is -2.55. The van der Waals surface area contributed by atoms with Gasteiger partial charge in [0.25, 0.3) is 0 Å². The van der Waals surface area contributed by atoms with Crippen LogP contribution in [-0.2, 0) is 6.42 Å². The van der Waals surface area contributed by atoms with Crippen LogP contribution in [0.3, 0.4) is 0 Å². The maximum Gasteiger partial charge on any atom is 0.0223 e. The second-order valence-corrected chi connectivity index (χ2v) is 7.16. The highest BCUT2D eigenvalue weighted by atomic mass is 15.1. The SMILES string of the molecule is C=CC1(Cc2ccccc2)CCC(C)(C)NC1(C)C. The lowest BCUT2D eigenvalue weighted by molar-refractivity contribution is 0.0548. The van der Waals surface area contributed by atoms with Crippen LogP contribution < -0.4 is 5.32 Å². The second kappa shape index (κ2) is 4.79. The van der Waals surface area contributed by atoms with Gasteiger partial charge in [-0.25, -0.2) is 0 Å². The minimum atomic E-state index is 0.0618. The Hall–Kier alpha value is -1.08. The van der Waals surface area contributed by atoms with E-state index in [4.69, 9.17) is 0 Å². The Morgan fingerprint density at radius 2 is 1.74 bits per heavy atom. The van der Waals surface area contributed by atoms with Gasteiger partial charge in [-0.15, -0.1) is 6.58 Å². The summed E-state index contributed by atoms with van der Waals surface area (Å²) in [6.07, 6.45) is 5.63. The van der Waals surface area contributed by atoms with Gasteiger partial charge in [0, 0.05) is 16.5 Å². The largest absolute Gasteiger partial charge is 0.306 e. The van der Waals surface area contributed by atoms with Gasteiger partial charge >= 0.3 is 0 Å². The van der Waals surface area contributed by atoms with E-state index in [1.165, 1.54) is 18.4 Å². The fraction of sp³-hybridized carbons (Fsp3) is 0.556. The molecule has 0 aliphatic carbocycles. The van der Waals surface area contributed by atoms with E-state index in [-0.39, 0.29) is 16.5 Å². The van der Waals surface area contributed by atoms with E-state index in [0.717, 1.165) is 6.42 Å². The first-order valence-corrected chi connectivity index (χ1v) is 7.27. The maximum atomic E-state index is 4.16. The molecule has 0 saturated carbocycles. The van der Waals surface area contributed by atoms with Crippen LogP contribution in [0.1, 0.15) is 46.1 Å². The summed E-state index contributed by atoms with van der Waals surface area (Å²) in [5, 5.41) is 3.82. The molecule has 1 heteroatoms. The molecule has 1 aliphatic rings. The summed E-state index contributed by atoms with van der Waals surface area (Å²) in [6, 6.07) is 10.8. The van der Waals surface area contributed by atoms with E-state index in [0.29, 0.717) is 0 Å². The number of rotatable bonds is 3. The van der Waals surface area contributed by atoms with Crippen LogP contribution in [0, 0.1) is 5.41 Å². The first kappa shape index (κ1) is 14.3. The molecule has 0 bridgehead atoms. The van der Waals surface area contributed by atoms with E-state index in [1.807, 2.05) is 0 Å². The Kier molecular flexibility index (Phi) is 3.61. The molecule has 1 unspecified atom stereocenters. The highest BCUT2D eigenvalue weighted by molar-refractivity contribution is 5.23. The molecule has 1 aromatic carbocycles. The Labute approximate surface area is 118 Å². The number of piperidine rings is 1. The van der Waals surface area contributed by atoms with Gasteiger partial charge in [-0.3, -0.25) is 0 Å². The van der Waals surface area contributed by atoms with Crippen LogP contribution >= 0.6 is 0 Å². The third-order valence-corrected chi connectivity index (χ3v) is 4.84. The summed E-state index contributed by atoms with van der Waals surface area (Å²) in [7, 11) is 0. The molecule has 1 aromatic rings. The molecule has 1 fully saturated rings. The van der Waals surface area contributed by atoms with Crippen LogP contribution in [0.2, 0.25) is 0 Å². The van der Waals surface area contributed by atoms with E-state index in [9.17, 15) is 0 Å². The summed E-state index contributed by atoms with van der Waals surface area (Å²) < 4.78 is 0. The molecule has 0 spiro atoms. The van der Waals surface area contributed by atoms with E-state index < -0.39 is 0 Å². The summed E-state index contributed by atoms with van der Waals surface area (Å²) in [4.78, 5) is 0. The van der Waals surface area contributed by atoms with Gasteiger partial charge in [0.05, 0.1) is 0 Å². The summed E-state index contributed by atoms with van der Waals surface area (Å²) in [6.45, 7) is 13.4. The molecular weight excluding hydrogens is 230 g/mol. The molecule has 104 valence electrons. The molecular formula is C18H27N. The predicted octanol–water partition coefficient (Wildman–Crippen LogP) is 4.34. The van der Waals surface area contributed by atoms with Crippen LogP contribution in [0.25, 0.3) is 0 Å². The van der Waals surface area contributed by atoms with Crippen LogP contribution in [0.5, 0.6) is 0 Å². The van der Waals surface area contributed by atoms with Crippen molar-refractivity contribution in [3.05, 3.63) is 48.6 Å². The van der Waals surface area contributed by atoms with E-state index in [1.54, 1.807) is 0 Å². The average Bonchev–Trinajstić information content (AvgIpc) is 2.33. The third-order valence-electron chi connectivity index (χ3n) is 4.84. The minimum absolute atomic E-state index is 0.0618. The third kappa shape index (κ3) is 2.76. The first-order chi connectivity index (χ1) is 8.80. The van der Waals surface area contributed by atoms with Crippen molar-refractivity contribution >= 4 is 0 Å². The zero-order chi connectivity index (χ0) is 14.1. The lowest BCUT2D eigenvalue weighted by Crippen LogP contribution is -2.65. The molecule has 1 nitrogen and oxygen atoms in total. The minimum Gasteiger partial charge on any atom is -0.306 e. The zero-order valence-corrected chi connectivity index (χ0v) is 12.8. The molecule has 0 radical (unpaired) electrons. The standard InChI is InChI=1S/C18H27N/c1-6-18(14-15-10-8-7-9-11-15)13-12-16(2,3)19-17(18,4)5/h6-11,19H,1,12-14H2,2-5H3. The Morgan fingerprint density at radius 1 is 1.11 bits per heavy atom. The number of hydrogen-bond acceptors (Lipinski definition) is 1. The van der Waals surface area contributed by atoms with Gasteiger partial charge in [-0.2, -0.15) is 0 Å². The van der Waals surface area contributed by atoms with Crippen molar-refractivity contribution in [2.24, 2.45) is 5.41 Å². The van der Waals surface area contributed by atoms with Crippen molar-refractivity contribution in [1.82, 2.24) is 5.32 Å². The fourth-order valence-corrected chi connectivity index (χ4v) is 3.58. The monoisotopic (exact) mass is 257 g/mol. The zero-order valence-electron chi connectivity index (χ0n) is 12.8. The molecule has 2 rings (SSSR count). The topological polar surface area (TPSA) is 12.0 Å². The summed E-state index contributed by atoms with van der Waals surface area (Å²) >= 11 is 0. The van der Waals surface area contributed by atoms with Gasteiger partial charge in [0.2, 0.25) is 0 Å². The van der Waals surface area contributed by atoms with Crippen molar-refractivity contribution in [3.63, 3.8) is 0 Å². The molecule has 1 heterocycles. The molecule has 1 N–H and O–H groups in total. The van der Waals surface area contributed by atoms with Crippen molar-refractivity contribution in [1.29, 1.82) is 0 Å². The Balaban J connectivity index is 2.30. The summed E-state index contributed by atoms with van der Waals surface area (Å²) in [5.74, 6) is 0. The fourth-order valence-electron chi connectivity index (χ4n) is 3.58. The van der Waals surface area contributed by atoms with Crippen LogP contribution in [-0.4, -0.2) is 11.1 Å². The molecule has 1 saturated heterocycles. The van der Waals surface area contributed by atoms with Gasteiger partial charge < -0.3 is 5.32 Å². The molecule has 19 heavy (non-hydrogen) atoms. The Morgan fingerprint density at radius 3 is 2.26 bits per heavy atom. The maximum absolute atomic E-state index is 4.16. The summed E-state index contributed by atoms with van der Waals surface area (Å²) in [5.41, 5.74) is 1.81. The smallest absolute Gasteiger partial charge is 0.0223 e. The van der Waals surface area contributed by atoms with Gasteiger partial charge in [-0.05, 0) is 52.5 Å². The van der Waals surface area contributed by atoms with Crippen molar-refractivity contribution in [2.45, 2.75) is 58.0 Å². The van der Waals surface area contributed by atoms with E-state index in [2.05, 4.69) is 76.0 Å². The predicted molar refractivity (Wildman–Crippen MR) is 83.3 cm³/mol. The van der Waals surface area contributed by atoms with Crippen LogP contribution in [0.4, 0.5) is 0 Å². The van der Waals surface area contributed by atoms with Crippen LogP contribution in [0.15, 0.2) is 43.0 Å². The van der Waals surface area contributed by atoms with Gasteiger partial charge in [0.1, 0.15) is 0 Å². The first-order valence-electron chi connectivity index (χ1n) is 7.27. The number of hydrogen-bond donors (Lipinski definition) is 1. The molecule has 1 aliphatic heterocycles. The van der Waals surface area contributed by atoms with Crippen molar-refractivity contribution < 1.29 is 0 Å². The second-order valence-electron chi connectivity index (χ2n) is 7.16. The van der Waals surface area contributed by atoms with Gasteiger partial charge in [0.15, 0.2) is 0 Å². The molecule has 0 aromatic heterocycles. The normalized spacial score (nSPS) is 28.8. The quantitative estimate of drug-likeness (QED) is 0.794. The molecule has 1 atom stereocenters. The van der Waals surface area contributed by atoms with Crippen molar-refractivity contribution in [2.75, 3.05) is 0 Å².